The molecule has 3 rings (SSSR count). The normalized spacial score (nSPS) is 20.4. The molecular formula is C15H17ClN4O3. The first-order valence-corrected chi connectivity index (χ1v) is 7.71. The molecule has 0 bridgehead atoms. The number of carbonyl (C=O) groups excluding carboxylic acids is 1. The average Bonchev–Trinajstić information content (AvgIpc) is 3.21. The van der Waals surface area contributed by atoms with Crippen LogP contribution in [0.4, 0.5) is 0 Å². The lowest BCUT2D eigenvalue weighted by Gasteiger charge is -2.26. The fraction of sp³-hybridized carbons (Fsp3) is 0.400. The molecule has 122 valence electrons. The van der Waals surface area contributed by atoms with Crippen LogP contribution in [0.5, 0.6) is 5.88 Å². The third-order valence-electron chi connectivity index (χ3n) is 3.68. The van der Waals surface area contributed by atoms with Crippen molar-refractivity contribution in [3.8, 4) is 5.88 Å². The monoisotopic (exact) mass is 336 g/mol. The Morgan fingerprint density at radius 3 is 3.04 bits per heavy atom. The summed E-state index contributed by atoms with van der Waals surface area (Å²) in [6.45, 7) is 3.22. The summed E-state index contributed by atoms with van der Waals surface area (Å²) in [5.74, 6) is 0.702. The first kappa shape index (κ1) is 15.8. The number of nitrogens with zero attached hydrogens (tertiary/aromatic N) is 2. The van der Waals surface area contributed by atoms with Gasteiger partial charge in [0, 0.05) is 31.6 Å². The predicted octanol–water partition coefficient (Wildman–Crippen LogP) is 1.90. The van der Waals surface area contributed by atoms with Gasteiger partial charge in [-0.1, -0.05) is 11.6 Å². The van der Waals surface area contributed by atoms with Crippen LogP contribution >= 0.6 is 11.6 Å². The molecule has 1 aliphatic rings. The van der Waals surface area contributed by atoms with E-state index in [0.29, 0.717) is 48.5 Å². The van der Waals surface area contributed by atoms with Crippen molar-refractivity contribution < 1.29 is 14.3 Å². The molecule has 0 radical (unpaired) electrons. The van der Waals surface area contributed by atoms with E-state index in [0.717, 1.165) is 0 Å². The van der Waals surface area contributed by atoms with Crippen LogP contribution in [0.15, 0.2) is 24.7 Å². The third kappa shape index (κ3) is 3.16. The van der Waals surface area contributed by atoms with E-state index < -0.39 is 5.54 Å². The molecule has 1 atom stereocenters. The second kappa shape index (κ2) is 6.55. The van der Waals surface area contributed by atoms with Crippen LogP contribution in [0.25, 0.3) is 0 Å². The van der Waals surface area contributed by atoms with Crippen molar-refractivity contribution in [2.24, 2.45) is 0 Å². The number of amides is 1. The Hall–Kier alpha value is -2.12. The number of imidazole rings is 1. The van der Waals surface area contributed by atoms with Crippen molar-refractivity contribution in [3.05, 3.63) is 41.1 Å². The van der Waals surface area contributed by atoms with Gasteiger partial charge in [-0.3, -0.25) is 4.79 Å². The number of rotatable bonds is 5. The van der Waals surface area contributed by atoms with E-state index in [1.807, 2.05) is 6.92 Å². The van der Waals surface area contributed by atoms with E-state index in [1.165, 1.54) is 6.20 Å². The van der Waals surface area contributed by atoms with E-state index in [2.05, 4.69) is 20.3 Å². The highest BCUT2D eigenvalue weighted by molar-refractivity contribution is 6.32. The molecule has 1 unspecified atom stereocenters. The lowest BCUT2D eigenvalue weighted by molar-refractivity contribution is 0.0869. The molecule has 7 nitrogen and oxygen atoms in total. The highest BCUT2D eigenvalue weighted by atomic mass is 35.5. The summed E-state index contributed by atoms with van der Waals surface area (Å²) in [5.41, 5.74) is -0.303. The van der Waals surface area contributed by atoms with Crippen LogP contribution in [0.1, 0.15) is 29.5 Å². The number of aromatic nitrogens is 3. The Labute approximate surface area is 138 Å². The second-order valence-electron chi connectivity index (χ2n) is 5.22. The van der Waals surface area contributed by atoms with Gasteiger partial charge in [-0.15, -0.1) is 0 Å². The highest BCUT2D eigenvalue weighted by Gasteiger charge is 2.40. The Morgan fingerprint density at radius 2 is 2.43 bits per heavy atom. The number of H-pyrrole nitrogens is 1. The number of pyridine rings is 1. The van der Waals surface area contributed by atoms with Gasteiger partial charge >= 0.3 is 0 Å². The first-order valence-electron chi connectivity index (χ1n) is 7.33. The second-order valence-corrected chi connectivity index (χ2v) is 5.63. The molecule has 1 fully saturated rings. The number of hydrogen-bond donors (Lipinski definition) is 2. The lowest BCUT2D eigenvalue weighted by atomic mass is 9.97. The zero-order valence-electron chi connectivity index (χ0n) is 12.6. The van der Waals surface area contributed by atoms with Gasteiger partial charge in [0.15, 0.2) is 0 Å². The number of aromatic amines is 1. The van der Waals surface area contributed by atoms with E-state index in [4.69, 9.17) is 21.1 Å². The van der Waals surface area contributed by atoms with Crippen LogP contribution in [0.2, 0.25) is 5.02 Å². The summed E-state index contributed by atoms with van der Waals surface area (Å²) in [6, 6.07) is 1.54. The maximum atomic E-state index is 12.6. The molecule has 2 N–H and O–H groups in total. The van der Waals surface area contributed by atoms with E-state index >= 15 is 0 Å². The minimum atomic E-state index is -0.661. The maximum absolute atomic E-state index is 12.6. The van der Waals surface area contributed by atoms with Crippen molar-refractivity contribution >= 4 is 17.5 Å². The number of nitrogens with one attached hydrogen (secondary N) is 2. The number of ether oxygens (including phenoxy) is 2. The summed E-state index contributed by atoms with van der Waals surface area (Å²) in [4.78, 5) is 24.0. The molecule has 1 aliphatic heterocycles. The summed E-state index contributed by atoms with van der Waals surface area (Å²) >= 11 is 6.09. The quantitative estimate of drug-likeness (QED) is 0.870. The van der Waals surface area contributed by atoms with Crippen LogP contribution in [-0.4, -0.2) is 40.7 Å². The lowest BCUT2D eigenvalue weighted by Crippen LogP contribution is -2.47. The number of hydrogen-bond acceptors (Lipinski definition) is 5. The molecule has 1 amide bonds. The smallest absolute Gasteiger partial charge is 0.253 e. The van der Waals surface area contributed by atoms with Crippen molar-refractivity contribution in [1.29, 1.82) is 0 Å². The molecular weight excluding hydrogens is 320 g/mol. The van der Waals surface area contributed by atoms with E-state index in [9.17, 15) is 4.79 Å². The topological polar surface area (TPSA) is 89.1 Å². The summed E-state index contributed by atoms with van der Waals surface area (Å²) < 4.78 is 10.7. The molecule has 23 heavy (non-hydrogen) atoms. The van der Waals surface area contributed by atoms with Crippen molar-refractivity contribution in [1.82, 2.24) is 20.3 Å². The van der Waals surface area contributed by atoms with Crippen molar-refractivity contribution in [2.75, 3.05) is 19.8 Å². The van der Waals surface area contributed by atoms with E-state index in [1.54, 1.807) is 18.5 Å². The molecule has 3 heterocycles. The third-order valence-corrected chi connectivity index (χ3v) is 3.95. The standard InChI is InChI=1S/C15H17ClN4O3/c1-2-23-13-11(16)7-10(8-19-13)12(21)20-15(3-6-22-9-15)14-17-4-5-18-14/h4-5,7-8H,2-3,6,9H2,1H3,(H,17,18)(H,20,21). The average molecular weight is 337 g/mol. The first-order chi connectivity index (χ1) is 11.1. The zero-order valence-corrected chi connectivity index (χ0v) is 13.4. The Bertz CT molecular complexity index is 684. The van der Waals surface area contributed by atoms with Gasteiger partial charge in [0.25, 0.3) is 5.91 Å². The largest absolute Gasteiger partial charge is 0.477 e. The molecule has 1 saturated heterocycles. The summed E-state index contributed by atoms with van der Waals surface area (Å²) in [7, 11) is 0. The summed E-state index contributed by atoms with van der Waals surface area (Å²) in [6.07, 6.45) is 5.45. The van der Waals surface area contributed by atoms with Gasteiger partial charge in [0.2, 0.25) is 5.88 Å². The molecule has 0 aliphatic carbocycles. The highest BCUT2D eigenvalue weighted by Crippen LogP contribution is 2.29. The number of halogens is 1. The van der Waals surface area contributed by atoms with Gasteiger partial charge in [-0.2, -0.15) is 0 Å². The van der Waals surface area contributed by atoms with Crippen molar-refractivity contribution in [2.45, 2.75) is 18.9 Å². The fourth-order valence-electron chi connectivity index (χ4n) is 2.52. The predicted molar refractivity (Wildman–Crippen MR) is 83.6 cm³/mol. The minimum absolute atomic E-state index is 0.288. The van der Waals surface area contributed by atoms with E-state index in [-0.39, 0.29) is 5.91 Å². The molecule has 0 spiro atoms. The fourth-order valence-corrected chi connectivity index (χ4v) is 2.74. The van der Waals surface area contributed by atoms with Crippen LogP contribution in [0, 0.1) is 0 Å². The Kier molecular flexibility index (Phi) is 4.49. The van der Waals surface area contributed by atoms with Gasteiger partial charge in [0.05, 0.1) is 18.8 Å². The SMILES string of the molecule is CCOc1ncc(C(=O)NC2(c3ncc[nH]3)CCOC2)cc1Cl. The van der Waals surface area contributed by atoms with Gasteiger partial charge in [-0.25, -0.2) is 9.97 Å². The van der Waals surface area contributed by atoms with Crippen LogP contribution < -0.4 is 10.1 Å². The molecule has 2 aromatic heterocycles. The molecule has 8 heteroatoms. The van der Waals surface area contributed by atoms with Gasteiger partial charge < -0.3 is 19.8 Å². The number of carbonyl (C=O) groups is 1. The molecule has 2 aromatic rings. The molecule has 0 saturated carbocycles. The van der Waals surface area contributed by atoms with Crippen LogP contribution in [0.3, 0.4) is 0 Å². The zero-order chi connectivity index (χ0) is 16.3. The van der Waals surface area contributed by atoms with Crippen LogP contribution in [-0.2, 0) is 10.3 Å². The molecule has 0 aromatic carbocycles. The Morgan fingerprint density at radius 1 is 1.57 bits per heavy atom. The maximum Gasteiger partial charge on any atom is 0.253 e. The minimum Gasteiger partial charge on any atom is -0.477 e. The van der Waals surface area contributed by atoms with Gasteiger partial charge in [0.1, 0.15) is 16.4 Å². The van der Waals surface area contributed by atoms with Crippen molar-refractivity contribution in [3.63, 3.8) is 0 Å². The van der Waals surface area contributed by atoms with Gasteiger partial charge in [-0.05, 0) is 13.0 Å². The Balaban J connectivity index is 1.81. The summed E-state index contributed by atoms with van der Waals surface area (Å²) in [5, 5.41) is 3.29.